The topological polar surface area (TPSA) is 62.5 Å². The second kappa shape index (κ2) is 7.43. The molecule has 0 N–H and O–H groups in total. The standard InChI is InChI=1S/C17H28N4O2/c1-3-7-15-18-16(23-19-15)12-20-10-5-8-13(20)14-9-6-11-21(14)17(22)4-2/h13-14H,3-12H2,1-2H3/t13-,14+/m0/s1. The summed E-state index contributed by atoms with van der Waals surface area (Å²) in [4.78, 5) is 21.2. The van der Waals surface area contributed by atoms with Crippen molar-refractivity contribution in [2.45, 2.75) is 77.4 Å². The Morgan fingerprint density at radius 3 is 2.78 bits per heavy atom. The fourth-order valence-electron chi connectivity index (χ4n) is 4.04. The average molecular weight is 320 g/mol. The molecule has 0 aromatic carbocycles. The lowest BCUT2D eigenvalue weighted by Crippen LogP contribution is -2.47. The first-order valence-electron chi connectivity index (χ1n) is 9.08. The molecule has 1 aromatic heterocycles. The Bertz CT molecular complexity index is 530. The van der Waals surface area contributed by atoms with Crippen LogP contribution in [0, 0.1) is 0 Å². The minimum atomic E-state index is 0.294. The number of carbonyl (C=O) groups excluding carboxylic acids is 1. The summed E-state index contributed by atoms with van der Waals surface area (Å²) in [6.45, 7) is 6.76. The molecule has 6 heteroatoms. The average Bonchev–Trinajstić information content (AvgIpc) is 3.27. The van der Waals surface area contributed by atoms with Crippen LogP contribution >= 0.6 is 0 Å². The molecule has 0 saturated carbocycles. The quantitative estimate of drug-likeness (QED) is 0.805. The number of amides is 1. The molecule has 3 rings (SSSR count). The van der Waals surface area contributed by atoms with Crippen molar-refractivity contribution < 1.29 is 9.32 Å². The maximum absolute atomic E-state index is 12.2. The van der Waals surface area contributed by atoms with Crippen LogP contribution in [0.15, 0.2) is 4.52 Å². The molecule has 0 bridgehead atoms. The van der Waals surface area contributed by atoms with E-state index in [9.17, 15) is 4.79 Å². The van der Waals surface area contributed by atoms with Gasteiger partial charge in [-0.1, -0.05) is 19.0 Å². The summed E-state index contributed by atoms with van der Waals surface area (Å²) in [6.07, 6.45) is 7.10. The van der Waals surface area contributed by atoms with E-state index in [0.29, 0.717) is 36.8 Å². The second-order valence-corrected chi connectivity index (χ2v) is 6.68. The monoisotopic (exact) mass is 320 g/mol. The first kappa shape index (κ1) is 16.4. The number of aryl methyl sites for hydroxylation is 1. The zero-order chi connectivity index (χ0) is 16.2. The van der Waals surface area contributed by atoms with Crippen molar-refractivity contribution in [1.29, 1.82) is 0 Å². The predicted octanol–water partition coefficient (Wildman–Crippen LogP) is 2.39. The summed E-state index contributed by atoms with van der Waals surface area (Å²) >= 11 is 0. The fourth-order valence-corrected chi connectivity index (χ4v) is 4.04. The number of hydrogen-bond acceptors (Lipinski definition) is 5. The summed E-state index contributed by atoms with van der Waals surface area (Å²) in [5.74, 6) is 1.82. The van der Waals surface area contributed by atoms with Gasteiger partial charge < -0.3 is 9.42 Å². The Balaban J connectivity index is 1.66. The van der Waals surface area contributed by atoms with Gasteiger partial charge in [-0.2, -0.15) is 4.98 Å². The number of carbonyl (C=O) groups is 1. The van der Waals surface area contributed by atoms with Crippen LogP contribution in [0.5, 0.6) is 0 Å². The first-order valence-corrected chi connectivity index (χ1v) is 9.08. The van der Waals surface area contributed by atoms with Gasteiger partial charge in [0.15, 0.2) is 5.82 Å². The lowest BCUT2D eigenvalue weighted by Gasteiger charge is -2.34. The van der Waals surface area contributed by atoms with Crippen LogP contribution in [-0.4, -0.2) is 51.0 Å². The Hall–Kier alpha value is -1.43. The van der Waals surface area contributed by atoms with Crippen LogP contribution in [-0.2, 0) is 17.8 Å². The smallest absolute Gasteiger partial charge is 0.240 e. The Kier molecular flexibility index (Phi) is 5.30. The molecular weight excluding hydrogens is 292 g/mol. The normalized spacial score (nSPS) is 25.4. The van der Waals surface area contributed by atoms with Crippen molar-refractivity contribution >= 4 is 5.91 Å². The number of nitrogens with zero attached hydrogens (tertiary/aromatic N) is 4. The highest BCUT2D eigenvalue weighted by Crippen LogP contribution is 2.31. The van der Waals surface area contributed by atoms with Crippen molar-refractivity contribution in [1.82, 2.24) is 19.9 Å². The van der Waals surface area contributed by atoms with Gasteiger partial charge in [0.05, 0.1) is 6.54 Å². The van der Waals surface area contributed by atoms with Crippen LogP contribution in [0.3, 0.4) is 0 Å². The van der Waals surface area contributed by atoms with Gasteiger partial charge >= 0.3 is 0 Å². The molecule has 0 spiro atoms. The molecule has 6 nitrogen and oxygen atoms in total. The Labute approximate surface area is 138 Å². The van der Waals surface area contributed by atoms with Gasteiger partial charge in [-0.25, -0.2) is 0 Å². The van der Waals surface area contributed by atoms with E-state index in [1.807, 2.05) is 6.92 Å². The predicted molar refractivity (Wildman–Crippen MR) is 86.8 cm³/mol. The lowest BCUT2D eigenvalue weighted by molar-refractivity contribution is -0.132. The van der Waals surface area contributed by atoms with Crippen molar-refractivity contribution in [2.24, 2.45) is 0 Å². The minimum Gasteiger partial charge on any atom is -0.338 e. The molecule has 1 aromatic rings. The van der Waals surface area contributed by atoms with Crippen LogP contribution in [0.25, 0.3) is 0 Å². The van der Waals surface area contributed by atoms with Gasteiger partial charge in [0.2, 0.25) is 11.8 Å². The fraction of sp³-hybridized carbons (Fsp3) is 0.824. The maximum atomic E-state index is 12.2. The minimum absolute atomic E-state index is 0.294. The van der Waals surface area contributed by atoms with Crippen LogP contribution < -0.4 is 0 Å². The van der Waals surface area contributed by atoms with E-state index in [0.717, 1.165) is 51.0 Å². The Morgan fingerprint density at radius 2 is 2.00 bits per heavy atom. The van der Waals surface area contributed by atoms with Gasteiger partial charge in [-0.15, -0.1) is 0 Å². The second-order valence-electron chi connectivity index (χ2n) is 6.68. The van der Waals surface area contributed by atoms with E-state index >= 15 is 0 Å². The van der Waals surface area contributed by atoms with E-state index in [4.69, 9.17) is 4.52 Å². The molecule has 2 atom stereocenters. The molecule has 0 aliphatic carbocycles. The number of hydrogen-bond donors (Lipinski definition) is 0. The van der Waals surface area contributed by atoms with Gasteiger partial charge in [-0.3, -0.25) is 9.69 Å². The third-order valence-corrected chi connectivity index (χ3v) is 5.10. The summed E-state index contributed by atoms with van der Waals surface area (Å²) in [7, 11) is 0. The molecule has 0 unspecified atom stereocenters. The van der Waals surface area contributed by atoms with Crippen molar-refractivity contribution in [3.63, 3.8) is 0 Å². The lowest BCUT2D eigenvalue weighted by atomic mass is 10.0. The summed E-state index contributed by atoms with van der Waals surface area (Å²) < 4.78 is 5.40. The maximum Gasteiger partial charge on any atom is 0.240 e. The van der Waals surface area contributed by atoms with Gasteiger partial charge in [-0.05, 0) is 38.6 Å². The van der Waals surface area contributed by atoms with E-state index in [1.165, 1.54) is 6.42 Å². The molecule has 2 aliphatic rings. The third-order valence-electron chi connectivity index (χ3n) is 5.10. The highest BCUT2D eigenvalue weighted by Gasteiger charge is 2.39. The molecule has 2 fully saturated rings. The molecule has 0 radical (unpaired) electrons. The molecule has 128 valence electrons. The summed E-state index contributed by atoms with van der Waals surface area (Å²) in [5, 5.41) is 4.05. The summed E-state index contributed by atoms with van der Waals surface area (Å²) in [5.41, 5.74) is 0. The van der Waals surface area contributed by atoms with Crippen molar-refractivity contribution in [3.8, 4) is 0 Å². The third kappa shape index (κ3) is 3.57. The molecular formula is C17H28N4O2. The highest BCUT2D eigenvalue weighted by atomic mass is 16.5. The zero-order valence-electron chi connectivity index (χ0n) is 14.3. The molecule has 2 saturated heterocycles. The van der Waals surface area contributed by atoms with E-state index in [2.05, 4.69) is 26.9 Å². The zero-order valence-corrected chi connectivity index (χ0v) is 14.3. The van der Waals surface area contributed by atoms with Crippen molar-refractivity contribution in [2.75, 3.05) is 13.1 Å². The van der Waals surface area contributed by atoms with Crippen LogP contribution in [0.2, 0.25) is 0 Å². The molecule has 3 heterocycles. The van der Waals surface area contributed by atoms with Crippen LogP contribution in [0.4, 0.5) is 0 Å². The molecule has 23 heavy (non-hydrogen) atoms. The van der Waals surface area contributed by atoms with Gasteiger partial charge in [0.25, 0.3) is 0 Å². The molecule has 1 amide bonds. The van der Waals surface area contributed by atoms with E-state index in [-0.39, 0.29) is 0 Å². The molecule has 2 aliphatic heterocycles. The van der Waals surface area contributed by atoms with Crippen LogP contribution in [0.1, 0.15) is 64.1 Å². The Morgan fingerprint density at radius 1 is 1.22 bits per heavy atom. The van der Waals surface area contributed by atoms with Gasteiger partial charge in [0.1, 0.15) is 0 Å². The van der Waals surface area contributed by atoms with E-state index < -0.39 is 0 Å². The number of rotatable bonds is 6. The van der Waals surface area contributed by atoms with E-state index in [1.54, 1.807) is 0 Å². The summed E-state index contributed by atoms with van der Waals surface area (Å²) in [6, 6.07) is 0.803. The number of aromatic nitrogens is 2. The number of likely N-dealkylation sites (tertiary alicyclic amines) is 2. The largest absolute Gasteiger partial charge is 0.338 e. The van der Waals surface area contributed by atoms with Gasteiger partial charge in [0, 0.05) is 31.5 Å². The SMILES string of the molecule is CCCc1noc(CN2CCC[C@H]2[C@H]2CCCN2C(=O)CC)n1. The highest BCUT2D eigenvalue weighted by molar-refractivity contribution is 5.76. The van der Waals surface area contributed by atoms with Crippen molar-refractivity contribution in [3.05, 3.63) is 11.7 Å². The first-order chi connectivity index (χ1) is 11.2.